The van der Waals surface area contributed by atoms with Crippen molar-refractivity contribution in [1.82, 2.24) is 20.4 Å². The summed E-state index contributed by atoms with van der Waals surface area (Å²) in [5.41, 5.74) is 0.722. The van der Waals surface area contributed by atoms with Crippen LogP contribution in [0.3, 0.4) is 0 Å². The van der Waals surface area contributed by atoms with E-state index in [2.05, 4.69) is 27.4 Å². The summed E-state index contributed by atoms with van der Waals surface area (Å²) >= 11 is 0. The number of aromatic nitrogens is 3. The van der Waals surface area contributed by atoms with Crippen molar-refractivity contribution in [1.29, 1.82) is 0 Å². The normalized spacial score (nSPS) is 22.2. The molecule has 1 N–H and O–H groups in total. The zero-order valence-electron chi connectivity index (χ0n) is 11.5. The van der Waals surface area contributed by atoms with Crippen LogP contribution in [-0.4, -0.2) is 40.9 Å². The van der Waals surface area contributed by atoms with Crippen LogP contribution in [0, 0.1) is 0 Å². The fourth-order valence-electron chi connectivity index (χ4n) is 2.31. The van der Waals surface area contributed by atoms with Gasteiger partial charge in [0.2, 0.25) is 11.7 Å². The molecule has 2 atom stereocenters. The van der Waals surface area contributed by atoms with Gasteiger partial charge in [-0.3, -0.25) is 4.98 Å². The summed E-state index contributed by atoms with van der Waals surface area (Å²) in [7, 11) is 0. The summed E-state index contributed by atoms with van der Waals surface area (Å²) in [4.78, 5) is 8.69. The Kier molecular flexibility index (Phi) is 4.03. The molecule has 3 rings (SSSR count). The summed E-state index contributed by atoms with van der Waals surface area (Å²) < 4.78 is 10.9. The Morgan fingerprint density at radius 1 is 1.35 bits per heavy atom. The number of nitrogens with one attached hydrogen (secondary N) is 1. The van der Waals surface area contributed by atoms with E-state index in [0.29, 0.717) is 24.9 Å². The fourth-order valence-corrected chi connectivity index (χ4v) is 2.31. The molecule has 0 aliphatic carbocycles. The van der Waals surface area contributed by atoms with Crippen molar-refractivity contribution in [3.8, 4) is 11.5 Å². The van der Waals surface area contributed by atoms with E-state index in [9.17, 15) is 0 Å². The monoisotopic (exact) mass is 274 g/mol. The lowest BCUT2D eigenvalue weighted by atomic mass is 10.0. The molecule has 6 nitrogen and oxygen atoms in total. The van der Waals surface area contributed by atoms with Gasteiger partial charge in [-0.15, -0.1) is 0 Å². The number of ether oxygens (including phenoxy) is 1. The van der Waals surface area contributed by atoms with E-state index in [1.165, 1.54) is 0 Å². The largest absolute Gasteiger partial charge is 0.379 e. The predicted molar refractivity (Wildman–Crippen MR) is 73.2 cm³/mol. The maximum absolute atomic E-state index is 5.53. The first kappa shape index (κ1) is 13.2. The van der Waals surface area contributed by atoms with E-state index >= 15 is 0 Å². The molecular formula is C14H18N4O2. The molecule has 0 aromatic carbocycles. The van der Waals surface area contributed by atoms with Gasteiger partial charge in [-0.2, -0.15) is 4.98 Å². The van der Waals surface area contributed by atoms with E-state index in [-0.39, 0.29) is 12.0 Å². The standard InChI is InChI=1S/C14H18N4O2/c1-2-6-15-12-9-19-8-10(12)14-17-13(18-20-14)11-5-3-4-7-16-11/h3-5,7,10,12,15H,2,6,8-9H2,1H3. The molecule has 0 amide bonds. The molecule has 2 aromatic rings. The molecule has 2 aromatic heterocycles. The van der Waals surface area contributed by atoms with Gasteiger partial charge >= 0.3 is 0 Å². The Hall–Kier alpha value is -1.79. The third-order valence-electron chi connectivity index (χ3n) is 3.39. The highest BCUT2D eigenvalue weighted by atomic mass is 16.5. The van der Waals surface area contributed by atoms with Crippen molar-refractivity contribution in [2.45, 2.75) is 25.3 Å². The third-order valence-corrected chi connectivity index (χ3v) is 3.39. The van der Waals surface area contributed by atoms with Gasteiger partial charge in [0.25, 0.3) is 0 Å². The quantitative estimate of drug-likeness (QED) is 0.893. The number of pyridine rings is 1. The van der Waals surface area contributed by atoms with Gasteiger partial charge < -0.3 is 14.6 Å². The second kappa shape index (κ2) is 6.11. The summed E-state index contributed by atoms with van der Waals surface area (Å²) in [5, 5.41) is 7.47. The molecular weight excluding hydrogens is 256 g/mol. The Bertz CT molecular complexity index is 543. The third kappa shape index (κ3) is 2.71. The van der Waals surface area contributed by atoms with Crippen LogP contribution in [0.4, 0.5) is 0 Å². The van der Waals surface area contributed by atoms with Gasteiger partial charge in [-0.05, 0) is 25.1 Å². The minimum absolute atomic E-state index is 0.117. The second-order valence-corrected chi connectivity index (χ2v) is 4.88. The van der Waals surface area contributed by atoms with Crippen molar-refractivity contribution in [3.63, 3.8) is 0 Å². The predicted octanol–water partition coefficient (Wildman–Crippen LogP) is 1.61. The Labute approximate surface area is 117 Å². The van der Waals surface area contributed by atoms with Crippen LogP contribution >= 0.6 is 0 Å². The highest BCUT2D eigenvalue weighted by molar-refractivity contribution is 5.47. The first-order valence-electron chi connectivity index (χ1n) is 6.94. The van der Waals surface area contributed by atoms with Crippen molar-refractivity contribution in [3.05, 3.63) is 30.3 Å². The summed E-state index contributed by atoms with van der Waals surface area (Å²) in [6.07, 6.45) is 2.81. The molecule has 2 unspecified atom stereocenters. The molecule has 0 saturated carbocycles. The molecule has 0 spiro atoms. The highest BCUT2D eigenvalue weighted by Crippen LogP contribution is 2.26. The van der Waals surface area contributed by atoms with E-state index in [0.717, 1.165) is 18.7 Å². The van der Waals surface area contributed by atoms with E-state index in [1.807, 2.05) is 18.2 Å². The van der Waals surface area contributed by atoms with Gasteiger partial charge in [-0.1, -0.05) is 18.1 Å². The lowest BCUT2D eigenvalue weighted by Crippen LogP contribution is -2.34. The smallest absolute Gasteiger partial charge is 0.234 e. The molecule has 1 fully saturated rings. The maximum atomic E-state index is 5.53. The molecule has 1 aliphatic heterocycles. The lowest BCUT2D eigenvalue weighted by molar-refractivity contribution is 0.184. The maximum Gasteiger partial charge on any atom is 0.234 e. The van der Waals surface area contributed by atoms with Gasteiger partial charge in [0.1, 0.15) is 5.69 Å². The van der Waals surface area contributed by atoms with Crippen molar-refractivity contribution in [2.24, 2.45) is 0 Å². The van der Waals surface area contributed by atoms with Gasteiger partial charge in [0.05, 0.1) is 19.1 Å². The van der Waals surface area contributed by atoms with Crippen molar-refractivity contribution >= 4 is 0 Å². The van der Waals surface area contributed by atoms with E-state index in [1.54, 1.807) is 6.20 Å². The minimum atomic E-state index is 0.117. The number of rotatable bonds is 5. The van der Waals surface area contributed by atoms with Gasteiger partial charge in [0, 0.05) is 12.2 Å². The number of hydrogen-bond donors (Lipinski definition) is 1. The number of hydrogen-bond acceptors (Lipinski definition) is 6. The van der Waals surface area contributed by atoms with Crippen LogP contribution < -0.4 is 5.32 Å². The van der Waals surface area contributed by atoms with Gasteiger partial charge in [0.15, 0.2) is 0 Å². The molecule has 20 heavy (non-hydrogen) atoms. The first-order chi connectivity index (χ1) is 9.88. The minimum Gasteiger partial charge on any atom is -0.379 e. The Morgan fingerprint density at radius 2 is 2.30 bits per heavy atom. The van der Waals surface area contributed by atoms with Crippen LogP contribution in [0.2, 0.25) is 0 Å². The molecule has 3 heterocycles. The zero-order valence-corrected chi connectivity index (χ0v) is 11.5. The van der Waals surface area contributed by atoms with Crippen LogP contribution in [0.15, 0.2) is 28.9 Å². The van der Waals surface area contributed by atoms with E-state index < -0.39 is 0 Å². The first-order valence-corrected chi connectivity index (χ1v) is 6.94. The van der Waals surface area contributed by atoms with Crippen molar-refractivity contribution < 1.29 is 9.26 Å². The highest BCUT2D eigenvalue weighted by Gasteiger charge is 2.33. The van der Waals surface area contributed by atoms with Crippen LogP contribution in [0.5, 0.6) is 0 Å². The van der Waals surface area contributed by atoms with Crippen LogP contribution in [0.1, 0.15) is 25.2 Å². The topological polar surface area (TPSA) is 73.1 Å². The molecule has 6 heteroatoms. The Morgan fingerprint density at radius 3 is 3.10 bits per heavy atom. The molecule has 1 saturated heterocycles. The van der Waals surface area contributed by atoms with Crippen LogP contribution in [-0.2, 0) is 4.74 Å². The molecule has 106 valence electrons. The zero-order chi connectivity index (χ0) is 13.8. The molecule has 0 radical (unpaired) electrons. The lowest BCUT2D eigenvalue weighted by Gasteiger charge is -2.14. The SMILES string of the molecule is CCCNC1COCC1c1nc(-c2ccccn2)no1. The van der Waals surface area contributed by atoms with E-state index in [4.69, 9.17) is 9.26 Å². The fraction of sp³-hybridized carbons (Fsp3) is 0.500. The van der Waals surface area contributed by atoms with Crippen LogP contribution in [0.25, 0.3) is 11.5 Å². The summed E-state index contributed by atoms with van der Waals surface area (Å²) in [6, 6.07) is 5.88. The number of nitrogens with zero attached hydrogens (tertiary/aromatic N) is 3. The van der Waals surface area contributed by atoms with Crippen molar-refractivity contribution in [2.75, 3.05) is 19.8 Å². The average molecular weight is 274 g/mol. The summed E-state index contributed by atoms with van der Waals surface area (Å²) in [5.74, 6) is 1.27. The Balaban J connectivity index is 1.76. The summed E-state index contributed by atoms with van der Waals surface area (Å²) in [6.45, 7) is 4.41. The second-order valence-electron chi connectivity index (χ2n) is 4.88. The van der Waals surface area contributed by atoms with Gasteiger partial charge in [-0.25, -0.2) is 0 Å². The molecule has 1 aliphatic rings. The molecule has 0 bridgehead atoms. The average Bonchev–Trinajstić information content (AvgIpc) is 3.14.